The van der Waals surface area contributed by atoms with Gasteiger partial charge >= 0.3 is 0 Å². The molecule has 2 aromatic rings. The predicted octanol–water partition coefficient (Wildman–Crippen LogP) is 5.71. The Bertz CT molecular complexity index is 664. The zero-order chi connectivity index (χ0) is 18.8. The van der Waals surface area contributed by atoms with Gasteiger partial charge in [0, 0.05) is 22.3 Å². The molecule has 26 heavy (non-hydrogen) atoms. The molecule has 0 saturated carbocycles. The van der Waals surface area contributed by atoms with Gasteiger partial charge in [-0.15, -0.1) is 0 Å². The second-order valence-corrected chi connectivity index (χ2v) is 6.93. The van der Waals surface area contributed by atoms with Crippen molar-refractivity contribution in [3.63, 3.8) is 0 Å². The lowest BCUT2D eigenvalue weighted by molar-refractivity contribution is 0.294. The first-order valence-corrected chi connectivity index (χ1v) is 9.88. The van der Waals surface area contributed by atoms with Crippen LogP contribution >= 0.6 is 11.6 Å². The minimum Gasteiger partial charge on any atom is -0.340 e. The number of halogens is 1. The zero-order valence-electron chi connectivity index (χ0n) is 16.1. The van der Waals surface area contributed by atoms with Crippen LogP contribution in [0.4, 0.5) is 5.69 Å². The van der Waals surface area contributed by atoms with Crippen LogP contribution in [-0.4, -0.2) is 36.4 Å². The quantitative estimate of drug-likeness (QED) is 0.451. The molecule has 2 aromatic carbocycles. The Labute approximate surface area is 163 Å². The number of aliphatic imine (C=N–C) groups is 1. The summed E-state index contributed by atoms with van der Waals surface area (Å²) in [5, 5.41) is 4.20. The van der Waals surface area contributed by atoms with Gasteiger partial charge in [0.15, 0.2) is 0 Å². The van der Waals surface area contributed by atoms with Crippen LogP contribution in [0.2, 0.25) is 5.02 Å². The average molecular weight is 372 g/mol. The van der Waals surface area contributed by atoms with E-state index in [4.69, 9.17) is 16.6 Å². The van der Waals surface area contributed by atoms with Gasteiger partial charge in [-0.25, -0.2) is 0 Å². The van der Waals surface area contributed by atoms with Crippen molar-refractivity contribution in [1.29, 1.82) is 0 Å². The molecule has 0 saturated heterocycles. The maximum Gasteiger partial charge on any atom is 0.132 e. The Hall–Kier alpha value is -1.84. The molecule has 140 valence electrons. The van der Waals surface area contributed by atoms with E-state index in [0.717, 1.165) is 54.6 Å². The van der Waals surface area contributed by atoms with Gasteiger partial charge in [0.2, 0.25) is 0 Å². The van der Waals surface area contributed by atoms with Gasteiger partial charge in [0.05, 0.1) is 0 Å². The number of nitrogens with zero attached hydrogens (tertiary/aromatic N) is 2. The summed E-state index contributed by atoms with van der Waals surface area (Å²) in [6.45, 7) is 9.97. The number of nitrogens with one attached hydrogen (secondary N) is 1. The fraction of sp³-hybridized carbons (Fsp3) is 0.409. The van der Waals surface area contributed by atoms with E-state index in [9.17, 15) is 0 Å². The van der Waals surface area contributed by atoms with Gasteiger partial charge in [-0.3, -0.25) is 4.99 Å². The van der Waals surface area contributed by atoms with E-state index in [1.165, 1.54) is 0 Å². The number of para-hydroxylation sites is 1. The van der Waals surface area contributed by atoms with Crippen LogP contribution in [-0.2, 0) is 0 Å². The molecular formula is C22H30ClN3. The molecule has 0 aliphatic carbocycles. The molecular weight excluding hydrogens is 342 g/mol. The Kier molecular flexibility index (Phi) is 8.66. The molecule has 2 rings (SSSR count). The molecule has 0 radical (unpaired) electrons. The molecule has 4 heteroatoms. The molecule has 0 bridgehead atoms. The Morgan fingerprint density at radius 3 is 2.31 bits per heavy atom. The summed E-state index contributed by atoms with van der Waals surface area (Å²) < 4.78 is 0. The lowest BCUT2D eigenvalue weighted by Crippen LogP contribution is -2.24. The molecule has 0 spiro atoms. The van der Waals surface area contributed by atoms with E-state index < -0.39 is 0 Å². The van der Waals surface area contributed by atoms with Crippen molar-refractivity contribution in [1.82, 2.24) is 4.90 Å². The number of hydrogen-bond donors (Lipinski definition) is 1. The molecule has 0 fully saturated rings. The van der Waals surface area contributed by atoms with Crippen molar-refractivity contribution in [2.75, 3.05) is 25.0 Å². The number of benzene rings is 2. The first-order chi connectivity index (χ1) is 12.6. The Balaban J connectivity index is 2.09. The maximum atomic E-state index is 6.04. The third kappa shape index (κ3) is 6.81. The van der Waals surface area contributed by atoms with Crippen molar-refractivity contribution in [3.05, 3.63) is 65.2 Å². The summed E-state index contributed by atoms with van der Waals surface area (Å²) in [6.07, 6.45) is 2.23. The highest BCUT2D eigenvalue weighted by Crippen LogP contribution is 2.15. The van der Waals surface area contributed by atoms with Crippen molar-refractivity contribution in [2.24, 2.45) is 4.99 Å². The molecule has 0 heterocycles. The lowest BCUT2D eigenvalue weighted by atomic mass is 10.1. The summed E-state index contributed by atoms with van der Waals surface area (Å²) in [5.41, 5.74) is 2.09. The SMILES string of the molecule is CCN(CC)CCC[C@@H](C)N=C(Nc1ccccc1)c1ccc(Cl)cc1. The topological polar surface area (TPSA) is 27.6 Å². The number of anilines is 1. The van der Waals surface area contributed by atoms with Crippen molar-refractivity contribution >= 4 is 23.1 Å². The van der Waals surface area contributed by atoms with Gasteiger partial charge in [0.1, 0.15) is 5.84 Å². The van der Waals surface area contributed by atoms with E-state index in [-0.39, 0.29) is 6.04 Å². The standard InChI is InChI=1S/C22H30ClN3/c1-4-26(5-2)17-9-10-18(3)24-22(19-13-15-20(23)16-14-19)25-21-11-7-6-8-12-21/h6-8,11-16,18H,4-5,9-10,17H2,1-3H3,(H,24,25)/t18-/m1/s1. The third-order valence-corrected chi connectivity index (χ3v) is 4.75. The average Bonchev–Trinajstić information content (AvgIpc) is 2.66. The second-order valence-electron chi connectivity index (χ2n) is 6.49. The third-order valence-electron chi connectivity index (χ3n) is 4.49. The monoisotopic (exact) mass is 371 g/mol. The Morgan fingerprint density at radius 1 is 1.04 bits per heavy atom. The number of amidine groups is 1. The zero-order valence-corrected chi connectivity index (χ0v) is 16.8. The van der Waals surface area contributed by atoms with E-state index >= 15 is 0 Å². The van der Waals surface area contributed by atoms with Gasteiger partial charge in [-0.1, -0.05) is 43.6 Å². The largest absolute Gasteiger partial charge is 0.340 e. The fourth-order valence-corrected chi connectivity index (χ4v) is 3.01. The smallest absolute Gasteiger partial charge is 0.132 e. The summed E-state index contributed by atoms with van der Waals surface area (Å²) in [6, 6.07) is 18.3. The highest BCUT2D eigenvalue weighted by molar-refractivity contribution is 6.30. The van der Waals surface area contributed by atoms with E-state index in [2.05, 4.69) is 43.1 Å². The minimum atomic E-state index is 0.257. The van der Waals surface area contributed by atoms with Crippen LogP contribution in [0, 0.1) is 0 Å². The van der Waals surface area contributed by atoms with Crippen molar-refractivity contribution < 1.29 is 0 Å². The second kappa shape index (κ2) is 11.0. The van der Waals surface area contributed by atoms with E-state index in [0.29, 0.717) is 0 Å². The highest BCUT2D eigenvalue weighted by atomic mass is 35.5. The summed E-state index contributed by atoms with van der Waals surface area (Å²) in [5.74, 6) is 0.892. The van der Waals surface area contributed by atoms with Gasteiger partial charge in [-0.05, 0) is 75.8 Å². The Morgan fingerprint density at radius 2 is 1.69 bits per heavy atom. The molecule has 0 aromatic heterocycles. The van der Waals surface area contributed by atoms with Crippen LogP contribution in [0.1, 0.15) is 39.2 Å². The van der Waals surface area contributed by atoms with Crippen LogP contribution in [0.3, 0.4) is 0 Å². The minimum absolute atomic E-state index is 0.257. The van der Waals surface area contributed by atoms with Gasteiger partial charge in [0.25, 0.3) is 0 Å². The van der Waals surface area contributed by atoms with Crippen LogP contribution in [0.5, 0.6) is 0 Å². The summed E-state index contributed by atoms with van der Waals surface area (Å²) in [4.78, 5) is 7.42. The first kappa shape index (κ1) is 20.5. The molecule has 1 atom stereocenters. The molecule has 0 aliphatic heterocycles. The first-order valence-electron chi connectivity index (χ1n) is 9.50. The van der Waals surface area contributed by atoms with Gasteiger partial charge < -0.3 is 10.2 Å². The maximum absolute atomic E-state index is 6.04. The van der Waals surface area contributed by atoms with Crippen LogP contribution in [0.15, 0.2) is 59.6 Å². The summed E-state index contributed by atoms with van der Waals surface area (Å²) in [7, 11) is 0. The highest BCUT2D eigenvalue weighted by Gasteiger charge is 2.08. The predicted molar refractivity (Wildman–Crippen MR) is 115 cm³/mol. The fourth-order valence-electron chi connectivity index (χ4n) is 2.88. The molecule has 0 aliphatic rings. The molecule has 0 amide bonds. The van der Waals surface area contributed by atoms with Crippen molar-refractivity contribution in [2.45, 2.75) is 39.7 Å². The normalized spacial score (nSPS) is 13.0. The van der Waals surface area contributed by atoms with Crippen LogP contribution < -0.4 is 5.32 Å². The molecule has 1 N–H and O–H groups in total. The van der Waals surface area contributed by atoms with Crippen LogP contribution in [0.25, 0.3) is 0 Å². The van der Waals surface area contributed by atoms with E-state index in [1.54, 1.807) is 0 Å². The summed E-state index contributed by atoms with van der Waals surface area (Å²) >= 11 is 6.04. The van der Waals surface area contributed by atoms with Crippen molar-refractivity contribution in [3.8, 4) is 0 Å². The molecule has 3 nitrogen and oxygen atoms in total. The van der Waals surface area contributed by atoms with Gasteiger partial charge in [-0.2, -0.15) is 0 Å². The number of rotatable bonds is 9. The molecule has 0 unspecified atom stereocenters. The number of hydrogen-bond acceptors (Lipinski definition) is 2. The van der Waals surface area contributed by atoms with E-state index in [1.807, 2.05) is 42.5 Å². The lowest BCUT2D eigenvalue weighted by Gasteiger charge is -2.19.